The van der Waals surface area contributed by atoms with Crippen LogP contribution in [0.5, 0.6) is 0 Å². The molecule has 2 aromatic heterocycles. The molecule has 0 aliphatic heterocycles. The third-order valence-electron chi connectivity index (χ3n) is 5.21. The summed E-state index contributed by atoms with van der Waals surface area (Å²) < 4.78 is 9.66. The number of hydrogen-bond acceptors (Lipinski definition) is 2. The van der Waals surface area contributed by atoms with Crippen molar-refractivity contribution in [3.63, 3.8) is 0 Å². The molecule has 0 unspecified atom stereocenters. The number of thiophene rings is 1. The fourth-order valence-electron chi connectivity index (χ4n) is 3.89. The topological polar surface area (TPSA) is 13.1 Å². The first-order valence-electron chi connectivity index (χ1n) is 8.90. The Morgan fingerprint density at radius 2 is 1.54 bits per heavy atom. The van der Waals surface area contributed by atoms with E-state index in [0.717, 1.165) is 37.0 Å². The number of benzene rings is 4. The van der Waals surface area contributed by atoms with Crippen LogP contribution in [0.3, 0.4) is 0 Å². The molecule has 0 amide bonds. The minimum absolute atomic E-state index is 0.778. The smallest absolute Gasteiger partial charge is 0.136 e. The van der Waals surface area contributed by atoms with E-state index in [9.17, 15) is 0 Å². The van der Waals surface area contributed by atoms with E-state index < -0.39 is 0 Å². The Bertz CT molecular complexity index is 1540. The van der Waals surface area contributed by atoms with E-state index in [0.29, 0.717) is 0 Å². The third-order valence-corrected chi connectivity index (χ3v) is 7.24. The van der Waals surface area contributed by atoms with E-state index in [-0.39, 0.29) is 0 Å². The van der Waals surface area contributed by atoms with Gasteiger partial charge in [0, 0.05) is 40.4 Å². The average molecular weight is 464 g/mol. The minimum atomic E-state index is 0.778. The Morgan fingerprint density at radius 1 is 0.714 bits per heavy atom. The molecule has 0 saturated heterocycles. The van der Waals surface area contributed by atoms with Gasteiger partial charge in [0.15, 0.2) is 0 Å². The highest BCUT2D eigenvalue weighted by Gasteiger charge is 2.12. The highest BCUT2D eigenvalue weighted by Crippen LogP contribution is 2.39. The van der Waals surface area contributed by atoms with E-state index in [4.69, 9.17) is 16.0 Å². The molecule has 0 aliphatic carbocycles. The summed E-state index contributed by atoms with van der Waals surface area (Å²) in [6.07, 6.45) is 0. The molecule has 2 heterocycles. The zero-order chi connectivity index (χ0) is 18.8. The summed E-state index contributed by atoms with van der Waals surface area (Å²) in [5.74, 6) is 0. The summed E-state index contributed by atoms with van der Waals surface area (Å²) in [6.45, 7) is 0. The molecule has 6 rings (SSSR count). The minimum Gasteiger partial charge on any atom is -0.456 e. The Hall–Kier alpha value is -2.33. The van der Waals surface area contributed by atoms with Crippen LogP contribution in [0.15, 0.2) is 81.7 Å². The molecule has 0 N–H and O–H groups in total. The Morgan fingerprint density at radius 3 is 2.46 bits per heavy atom. The summed E-state index contributed by atoms with van der Waals surface area (Å²) in [5.41, 5.74) is 4.14. The standard InChI is InChI=1S/C24H12BrClOS/c25-19-2-1-3-20-24(19)17-7-4-14(11-21(17)27-20)13-5-9-22-18(10-13)16-8-6-15(26)12-23(16)28-22/h1-12H. The van der Waals surface area contributed by atoms with Crippen molar-refractivity contribution >= 4 is 81.0 Å². The first-order valence-corrected chi connectivity index (χ1v) is 10.9. The maximum Gasteiger partial charge on any atom is 0.136 e. The van der Waals surface area contributed by atoms with Gasteiger partial charge in [0.25, 0.3) is 0 Å². The zero-order valence-electron chi connectivity index (χ0n) is 14.5. The number of hydrogen-bond donors (Lipinski definition) is 0. The highest BCUT2D eigenvalue weighted by atomic mass is 79.9. The molecule has 0 fully saturated rings. The van der Waals surface area contributed by atoms with Crippen LogP contribution in [0.2, 0.25) is 5.02 Å². The number of furan rings is 1. The lowest BCUT2D eigenvalue weighted by molar-refractivity contribution is 0.669. The van der Waals surface area contributed by atoms with Crippen LogP contribution in [0.25, 0.3) is 53.2 Å². The van der Waals surface area contributed by atoms with Crippen molar-refractivity contribution in [2.24, 2.45) is 0 Å². The van der Waals surface area contributed by atoms with Crippen LogP contribution in [0, 0.1) is 0 Å². The first-order chi connectivity index (χ1) is 13.7. The van der Waals surface area contributed by atoms with Crippen LogP contribution in [-0.4, -0.2) is 0 Å². The van der Waals surface area contributed by atoms with Gasteiger partial charge in [0.05, 0.1) is 0 Å². The molecular formula is C24H12BrClOS. The monoisotopic (exact) mass is 462 g/mol. The third kappa shape index (κ3) is 2.44. The Kier molecular flexibility index (Phi) is 3.61. The Balaban J connectivity index is 1.57. The summed E-state index contributed by atoms with van der Waals surface area (Å²) in [7, 11) is 0. The molecule has 0 radical (unpaired) electrons. The van der Waals surface area contributed by atoms with Crippen molar-refractivity contribution in [2.75, 3.05) is 0 Å². The van der Waals surface area contributed by atoms with E-state index in [2.05, 4.69) is 58.4 Å². The fraction of sp³-hybridized carbons (Fsp3) is 0. The molecule has 0 saturated carbocycles. The van der Waals surface area contributed by atoms with Gasteiger partial charge in [-0.15, -0.1) is 11.3 Å². The summed E-state index contributed by atoms with van der Waals surface area (Å²) in [6, 6.07) is 25.3. The van der Waals surface area contributed by atoms with Gasteiger partial charge in [-0.25, -0.2) is 0 Å². The number of fused-ring (bicyclic) bond motifs is 6. The van der Waals surface area contributed by atoms with Crippen molar-refractivity contribution in [1.82, 2.24) is 0 Å². The molecule has 28 heavy (non-hydrogen) atoms. The van der Waals surface area contributed by atoms with Crippen LogP contribution in [-0.2, 0) is 0 Å². The molecule has 0 aliphatic rings. The molecule has 134 valence electrons. The van der Waals surface area contributed by atoms with Gasteiger partial charge < -0.3 is 4.42 Å². The quantitative estimate of drug-likeness (QED) is 0.237. The fourth-order valence-corrected chi connectivity index (χ4v) is 5.82. The molecule has 0 spiro atoms. The molecule has 4 aromatic carbocycles. The highest BCUT2D eigenvalue weighted by molar-refractivity contribution is 9.10. The van der Waals surface area contributed by atoms with Gasteiger partial charge in [0.2, 0.25) is 0 Å². The second-order valence-electron chi connectivity index (χ2n) is 6.88. The van der Waals surface area contributed by atoms with Crippen molar-refractivity contribution in [3.8, 4) is 11.1 Å². The van der Waals surface area contributed by atoms with E-state index >= 15 is 0 Å². The van der Waals surface area contributed by atoms with Gasteiger partial charge >= 0.3 is 0 Å². The van der Waals surface area contributed by atoms with Crippen molar-refractivity contribution in [1.29, 1.82) is 0 Å². The van der Waals surface area contributed by atoms with Crippen molar-refractivity contribution in [2.45, 2.75) is 0 Å². The SMILES string of the molecule is Clc1ccc2c(c1)sc1ccc(-c3ccc4c(c3)oc3cccc(Br)c34)cc12. The average Bonchev–Trinajstić information content (AvgIpc) is 3.24. The second-order valence-corrected chi connectivity index (χ2v) is 9.25. The lowest BCUT2D eigenvalue weighted by atomic mass is 10.0. The maximum absolute atomic E-state index is 6.17. The van der Waals surface area contributed by atoms with Crippen LogP contribution >= 0.6 is 38.9 Å². The largest absolute Gasteiger partial charge is 0.456 e. The number of rotatable bonds is 1. The maximum atomic E-state index is 6.17. The summed E-state index contributed by atoms with van der Waals surface area (Å²) in [4.78, 5) is 0. The summed E-state index contributed by atoms with van der Waals surface area (Å²) in [5, 5.41) is 5.55. The number of halogens is 2. The molecule has 6 aromatic rings. The first kappa shape index (κ1) is 16.6. The lowest BCUT2D eigenvalue weighted by Crippen LogP contribution is -1.78. The zero-order valence-corrected chi connectivity index (χ0v) is 17.7. The molecule has 0 atom stereocenters. The molecule has 0 bridgehead atoms. The van der Waals surface area contributed by atoms with E-state index in [1.54, 1.807) is 11.3 Å². The van der Waals surface area contributed by atoms with Gasteiger partial charge in [-0.2, -0.15) is 0 Å². The Labute approximate surface area is 178 Å². The predicted octanol–water partition coefficient (Wildman–Crippen LogP) is 9.04. The van der Waals surface area contributed by atoms with Crippen LogP contribution in [0.1, 0.15) is 0 Å². The van der Waals surface area contributed by atoms with Crippen LogP contribution < -0.4 is 0 Å². The molecule has 4 heteroatoms. The van der Waals surface area contributed by atoms with Gasteiger partial charge in [-0.3, -0.25) is 0 Å². The van der Waals surface area contributed by atoms with Gasteiger partial charge in [-0.05, 0) is 59.7 Å². The lowest BCUT2D eigenvalue weighted by Gasteiger charge is -2.03. The molecular weight excluding hydrogens is 452 g/mol. The molecule has 1 nitrogen and oxygen atoms in total. The normalized spacial score (nSPS) is 11.9. The predicted molar refractivity (Wildman–Crippen MR) is 125 cm³/mol. The van der Waals surface area contributed by atoms with Gasteiger partial charge in [0.1, 0.15) is 11.2 Å². The van der Waals surface area contributed by atoms with E-state index in [1.807, 2.05) is 30.3 Å². The summed E-state index contributed by atoms with van der Waals surface area (Å²) >= 11 is 11.6. The van der Waals surface area contributed by atoms with E-state index in [1.165, 1.54) is 25.7 Å². The van der Waals surface area contributed by atoms with Gasteiger partial charge in [-0.1, -0.05) is 51.8 Å². The van der Waals surface area contributed by atoms with Crippen molar-refractivity contribution < 1.29 is 4.42 Å². The second kappa shape index (κ2) is 6.08. The van der Waals surface area contributed by atoms with Crippen molar-refractivity contribution in [3.05, 3.63) is 82.3 Å². The van der Waals surface area contributed by atoms with Crippen LogP contribution in [0.4, 0.5) is 0 Å².